The first-order valence-corrected chi connectivity index (χ1v) is 11.3. The average Bonchev–Trinajstić information content (AvgIpc) is 3.06. The number of aromatic nitrogens is 1. The zero-order chi connectivity index (χ0) is 22.8. The molecule has 3 aromatic rings. The van der Waals surface area contributed by atoms with E-state index in [1.165, 1.54) is 17.7 Å². The van der Waals surface area contributed by atoms with Gasteiger partial charge in [-0.3, -0.25) is 4.79 Å². The van der Waals surface area contributed by atoms with Crippen LogP contribution in [-0.2, 0) is 28.9 Å². The SMILES string of the molecule is CCC(C(=O)O)n1c2c(c3cc(F)ccc31)CC(NC(=O)CCc1cccc(C)c1)CC2. The Balaban J connectivity index is 1.54. The van der Waals surface area contributed by atoms with E-state index in [9.17, 15) is 19.1 Å². The van der Waals surface area contributed by atoms with Gasteiger partial charge in [-0.25, -0.2) is 9.18 Å². The number of carbonyl (C=O) groups is 2. The largest absolute Gasteiger partial charge is 0.480 e. The van der Waals surface area contributed by atoms with E-state index in [1.807, 2.05) is 36.6 Å². The predicted molar refractivity (Wildman–Crippen MR) is 122 cm³/mol. The number of benzene rings is 2. The summed E-state index contributed by atoms with van der Waals surface area (Å²) in [6.07, 6.45) is 3.51. The number of hydrogen-bond acceptors (Lipinski definition) is 2. The van der Waals surface area contributed by atoms with Crippen molar-refractivity contribution in [3.05, 3.63) is 70.7 Å². The fraction of sp³-hybridized carbons (Fsp3) is 0.385. The van der Waals surface area contributed by atoms with E-state index in [2.05, 4.69) is 11.4 Å². The maximum absolute atomic E-state index is 14.1. The van der Waals surface area contributed by atoms with Crippen LogP contribution in [0.1, 0.15) is 54.6 Å². The van der Waals surface area contributed by atoms with Crippen molar-refractivity contribution in [2.24, 2.45) is 0 Å². The molecule has 0 fully saturated rings. The third kappa shape index (κ3) is 4.40. The van der Waals surface area contributed by atoms with Crippen LogP contribution in [0.3, 0.4) is 0 Å². The van der Waals surface area contributed by atoms with Gasteiger partial charge < -0.3 is 15.0 Å². The van der Waals surface area contributed by atoms with E-state index in [4.69, 9.17) is 0 Å². The van der Waals surface area contributed by atoms with Gasteiger partial charge in [-0.15, -0.1) is 0 Å². The van der Waals surface area contributed by atoms with Crippen molar-refractivity contribution in [3.63, 3.8) is 0 Å². The first kappa shape index (κ1) is 22.1. The third-order valence-corrected chi connectivity index (χ3v) is 6.43. The highest BCUT2D eigenvalue weighted by Gasteiger charge is 2.30. The molecule has 0 radical (unpaired) electrons. The summed E-state index contributed by atoms with van der Waals surface area (Å²) in [5, 5.41) is 13.6. The van der Waals surface area contributed by atoms with E-state index in [1.54, 1.807) is 6.07 Å². The molecule has 1 aliphatic rings. The molecule has 5 nitrogen and oxygen atoms in total. The number of aryl methyl sites for hydroxylation is 2. The van der Waals surface area contributed by atoms with Crippen LogP contribution in [0.2, 0.25) is 0 Å². The Bertz CT molecular complexity index is 1170. The molecule has 0 bridgehead atoms. The molecule has 2 N–H and O–H groups in total. The number of nitrogens with zero attached hydrogens (tertiary/aromatic N) is 1. The molecule has 32 heavy (non-hydrogen) atoms. The van der Waals surface area contributed by atoms with Crippen molar-refractivity contribution in [2.45, 2.75) is 64.5 Å². The zero-order valence-electron chi connectivity index (χ0n) is 18.5. The van der Waals surface area contributed by atoms with Gasteiger partial charge in [-0.2, -0.15) is 0 Å². The van der Waals surface area contributed by atoms with Crippen LogP contribution >= 0.6 is 0 Å². The monoisotopic (exact) mass is 436 g/mol. The molecular formula is C26H29FN2O3. The summed E-state index contributed by atoms with van der Waals surface area (Å²) < 4.78 is 15.9. The summed E-state index contributed by atoms with van der Waals surface area (Å²) in [6.45, 7) is 3.89. The van der Waals surface area contributed by atoms with Crippen LogP contribution in [0, 0.1) is 12.7 Å². The Hall–Kier alpha value is -3.15. The van der Waals surface area contributed by atoms with Crippen LogP contribution in [0.15, 0.2) is 42.5 Å². The van der Waals surface area contributed by atoms with Crippen LogP contribution in [0.25, 0.3) is 10.9 Å². The standard InChI is InChI=1S/C26H29FN2O3/c1-3-22(26(31)32)29-23-10-8-18(27)14-20(23)21-15-19(9-11-24(21)29)28-25(30)12-7-17-6-4-5-16(2)13-17/h4-6,8,10,13-14,19,22H,3,7,9,11-12,15H2,1-2H3,(H,28,30)(H,31,32). The maximum atomic E-state index is 14.1. The summed E-state index contributed by atoms with van der Waals surface area (Å²) in [4.78, 5) is 24.5. The highest BCUT2D eigenvalue weighted by atomic mass is 19.1. The lowest BCUT2D eigenvalue weighted by atomic mass is 9.91. The molecule has 0 saturated carbocycles. The Morgan fingerprint density at radius 1 is 1.25 bits per heavy atom. The van der Waals surface area contributed by atoms with Crippen molar-refractivity contribution in [1.29, 1.82) is 0 Å². The molecule has 2 atom stereocenters. The molecule has 1 amide bonds. The Morgan fingerprint density at radius 2 is 2.06 bits per heavy atom. The fourth-order valence-corrected chi connectivity index (χ4v) is 4.94. The number of amides is 1. The Kier molecular flexibility index (Phi) is 6.31. The number of nitrogens with one attached hydrogen (secondary N) is 1. The molecular weight excluding hydrogens is 407 g/mol. The summed E-state index contributed by atoms with van der Waals surface area (Å²) >= 11 is 0. The molecule has 1 heterocycles. The molecule has 0 aliphatic heterocycles. The molecule has 6 heteroatoms. The van der Waals surface area contributed by atoms with Gasteiger partial charge in [0.05, 0.1) is 0 Å². The zero-order valence-corrected chi connectivity index (χ0v) is 18.5. The lowest BCUT2D eigenvalue weighted by Gasteiger charge is -2.26. The minimum absolute atomic E-state index is 0.00634. The predicted octanol–water partition coefficient (Wildman–Crippen LogP) is 4.73. The number of carboxylic acids is 1. The Morgan fingerprint density at radius 3 is 2.78 bits per heavy atom. The van der Waals surface area contributed by atoms with Crippen molar-refractivity contribution in [1.82, 2.24) is 9.88 Å². The lowest BCUT2D eigenvalue weighted by Crippen LogP contribution is -2.39. The van der Waals surface area contributed by atoms with E-state index in [0.717, 1.165) is 34.1 Å². The number of carboxylic acid groups (broad SMARTS) is 1. The minimum atomic E-state index is -0.886. The second kappa shape index (κ2) is 9.15. The van der Waals surface area contributed by atoms with Crippen molar-refractivity contribution in [3.8, 4) is 0 Å². The van der Waals surface area contributed by atoms with Crippen molar-refractivity contribution >= 4 is 22.8 Å². The minimum Gasteiger partial charge on any atom is -0.480 e. The second-order valence-electron chi connectivity index (χ2n) is 8.72. The van der Waals surface area contributed by atoms with Gasteiger partial charge in [-0.05, 0) is 68.4 Å². The van der Waals surface area contributed by atoms with Gasteiger partial charge in [0.1, 0.15) is 11.9 Å². The van der Waals surface area contributed by atoms with Gasteiger partial charge >= 0.3 is 5.97 Å². The van der Waals surface area contributed by atoms with E-state index in [0.29, 0.717) is 32.1 Å². The molecule has 0 saturated heterocycles. The van der Waals surface area contributed by atoms with Crippen LogP contribution < -0.4 is 5.32 Å². The van der Waals surface area contributed by atoms with Gasteiger partial charge in [-0.1, -0.05) is 36.8 Å². The number of aliphatic carboxylic acids is 1. The smallest absolute Gasteiger partial charge is 0.326 e. The average molecular weight is 437 g/mol. The van der Waals surface area contributed by atoms with E-state index < -0.39 is 12.0 Å². The van der Waals surface area contributed by atoms with Crippen LogP contribution in [-0.4, -0.2) is 27.6 Å². The number of halogens is 1. The molecule has 2 unspecified atom stereocenters. The van der Waals surface area contributed by atoms with E-state index in [-0.39, 0.29) is 17.8 Å². The Labute approximate surface area is 187 Å². The maximum Gasteiger partial charge on any atom is 0.326 e. The fourth-order valence-electron chi connectivity index (χ4n) is 4.94. The van der Waals surface area contributed by atoms with Gasteiger partial charge in [0.2, 0.25) is 5.91 Å². The second-order valence-corrected chi connectivity index (χ2v) is 8.72. The molecule has 168 valence electrons. The molecule has 2 aromatic carbocycles. The summed E-state index contributed by atoms with van der Waals surface area (Å²) in [5.41, 5.74) is 4.97. The van der Waals surface area contributed by atoms with Gasteiger partial charge in [0, 0.05) is 29.1 Å². The topological polar surface area (TPSA) is 71.3 Å². The summed E-state index contributed by atoms with van der Waals surface area (Å²) in [5.74, 6) is -1.22. The molecule has 1 aliphatic carbocycles. The normalized spacial score (nSPS) is 16.5. The first-order chi connectivity index (χ1) is 15.4. The first-order valence-electron chi connectivity index (χ1n) is 11.3. The van der Waals surface area contributed by atoms with Gasteiger partial charge in [0.25, 0.3) is 0 Å². The van der Waals surface area contributed by atoms with E-state index >= 15 is 0 Å². The number of rotatable bonds is 7. The highest BCUT2D eigenvalue weighted by molar-refractivity contribution is 5.88. The number of hydrogen-bond donors (Lipinski definition) is 2. The molecule has 0 spiro atoms. The summed E-state index contributed by atoms with van der Waals surface area (Å²) in [6, 6.07) is 12.0. The van der Waals surface area contributed by atoms with Crippen molar-refractivity contribution in [2.75, 3.05) is 0 Å². The third-order valence-electron chi connectivity index (χ3n) is 6.43. The van der Waals surface area contributed by atoms with Crippen molar-refractivity contribution < 1.29 is 19.1 Å². The van der Waals surface area contributed by atoms with Crippen LogP contribution in [0.4, 0.5) is 4.39 Å². The molecule has 1 aromatic heterocycles. The van der Waals surface area contributed by atoms with Gasteiger partial charge in [0.15, 0.2) is 0 Å². The highest BCUT2D eigenvalue weighted by Crippen LogP contribution is 2.36. The molecule has 4 rings (SSSR count). The lowest BCUT2D eigenvalue weighted by molar-refractivity contribution is -0.141. The number of fused-ring (bicyclic) bond motifs is 3. The number of carbonyl (C=O) groups excluding carboxylic acids is 1. The quantitative estimate of drug-likeness (QED) is 0.562. The summed E-state index contributed by atoms with van der Waals surface area (Å²) in [7, 11) is 0. The van der Waals surface area contributed by atoms with Crippen LogP contribution in [0.5, 0.6) is 0 Å².